The van der Waals surface area contributed by atoms with E-state index in [-0.39, 0.29) is 11.3 Å². The number of methoxy groups -OCH3 is 1. The fourth-order valence-electron chi connectivity index (χ4n) is 1.64. The molecule has 0 bridgehead atoms. The Bertz CT molecular complexity index is 662. The van der Waals surface area contributed by atoms with Crippen LogP contribution in [0.5, 0.6) is 5.75 Å². The molecule has 4 nitrogen and oxygen atoms in total. The number of hydrogen-bond donors (Lipinski definition) is 1. The number of rotatable bonds is 3. The van der Waals surface area contributed by atoms with Gasteiger partial charge in [-0.1, -0.05) is 0 Å². The van der Waals surface area contributed by atoms with Crippen molar-refractivity contribution in [3.8, 4) is 5.75 Å². The number of carbonyl (C=O) groups is 1. The van der Waals surface area contributed by atoms with Crippen molar-refractivity contribution in [2.45, 2.75) is 6.92 Å². The van der Waals surface area contributed by atoms with Crippen molar-refractivity contribution in [1.82, 2.24) is 4.98 Å². The number of ether oxygens (including phenoxy) is 1. The standard InChI is InChI=1S/C14H12BrFN2O2/c1-8-5-10(7-17-13(8)15)18-14(19)9-3-4-12(20-2)11(16)6-9/h3-7H,1-2H3,(H,18,19). The molecule has 0 saturated heterocycles. The van der Waals surface area contributed by atoms with E-state index in [0.717, 1.165) is 11.6 Å². The molecule has 0 aliphatic rings. The molecule has 0 aliphatic heterocycles. The van der Waals surface area contributed by atoms with E-state index < -0.39 is 11.7 Å². The Balaban J connectivity index is 2.19. The minimum Gasteiger partial charge on any atom is -0.494 e. The Morgan fingerprint density at radius 1 is 1.40 bits per heavy atom. The van der Waals surface area contributed by atoms with E-state index >= 15 is 0 Å². The largest absolute Gasteiger partial charge is 0.494 e. The highest BCUT2D eigenvalue weighted by Gasteiger charge is 2.11. The number of nitrogens with one attached hydrogen (secondary N) is 1. The van der Waals surface area contributed by atoms with E-state index in [1.807, 2.05) is 6.92 Å². The van der Waals surface area contributed by atoms with Gasteiger partial charge in [-0.2, -0.15) is 0 Å². The van der Waals surface area contributed by atoms with Gasteiger partial charge in [-0.3, -0.25) is 4.79 Å². The van der Waals surface area contributed by atoms with Crippen LogP contribution in [0.15, 0.2) is 35.1 Å². The van der Waals surface area contributed by atoms with E-state index in [1.165, 1.54) is 25.4 Å². The third kappa shape index (κ3) is 3.14. The fourth-order valence-corrected chi connectivity index (χ4v) is 1.85. The number of anilines is 1. The lowest BCUT2D eigenvalue weighted by Crippen LogP contribution is -2.12. The maximum Gasteiger partial charge on any atom is 0.255 e. The van der Waals surface area contributed by atoms with E-state index in [0.29, 0.717) is 10.3 Å². The molecule has 0 atom stereocenters. The van der Waals surface area contributed by atoms with E-state index in [9.17, 15) is 9.18 Å². The maximum atomic E-state index is 13.5. The third-order valence-corrected chi connectivity index (χ3v) is 3.52. The summed E-state index contributed by atoms with van der Waals surface area (Å²) < 4.78 is 19.1. The minimum atomic E-state index is -0.578. The summed E-state index contributed by atoms with van der Waals surface area (Å²) in [5.74, 6) is -0.886. The zero-order valence-corrected chi connectivity index (χ0v) is 12.5. The summed E-state index contributed by atoms with van der Waals surface area (Å²) in [6.07, 6.45) is 1.52. The number of hydrogen-bond acceptors (Lipinski definition) is 3. The molecular formula is C14H12BrFN2O2. The van der Waals surface area contributed by atoms with Gasteiger partial charge in [0.1, 0.15) is 4.60 Å². The van der Waals surface area contributed by atoms with Gasteiger partial charge >= 0.3 is 0 Å². The van der Waals surface area contributed by atoms with Crippen LogP contribution in [0.1, 0.15) is 15.9 Å². The SMILES string of the molecule is COc1ccc(C(=O)Nc2cnc(Br)c(C)c2)cc1F. The zero-order valence-electron chi connectivity index (χ0n) is 10.9. The van der Waals surface area contributed by atoms with Crippen LogP contribution in [0.2, 0.25) is 0 Å². The first-order chi connectivity index (χ1) is 9.51. The molecule has 0 unspecified atom stereocenters. The van der Waals surface area contributed by atoms with Gasteiger partial charge in [0.25, 0.3) is 5.91 Å². The number of aromatic nitrogens is 1. The summed E-state index contributed by atoms with van der Waals surface area (Å²) in [4.78, 5) is 16.1. The minimum absolute atomic E-state index is 0.0997. The van der Waals surface area contributed by atoms with Gasteiger partial charge in [-0.25, -0.2) is 9.37 Å². The molecule has 0 radical (unpaired) electrons. The molecule has 1 heterocycles. The first-order valence-corrected chi connectivity index (χ1v) is 6.57. The molecule has 1 aromatic carbocycles. The van der Waals surface area contributed by atoms with Crippen LogP contribution in [0, 0.1) is 12.7 Å². The molecule has 0 fully saturated rings. The highest BCUT2D eigenvalue weighted by Crippen LogP contribution is 2.20. The van der Waals surface area contributed by atoms with Gasteiger partial charge in [0.2, 0.25) is 0 Å². The second-order valence-corrected chi connectivity index (χ2v) is 4.89. The second kappa shape index (κ2) is 6.00. The van der Waals surface area contributed by atoms with Crippen LogP contribution in [-0.4, -0.2) is 18.0 Å². The topological polar surface area (TPSA) is 51.2 Å². The van der Waals surface area contributed by atoms with Crippen LogP contribution >= 0.6 is 15.9 Å². The Morgan fingerprint density at radius 2 is 2.15 bits per heavy atom. The molecule has 1 amide bonds. The summed E-state index contributed by atoms with van der Waals surface area (Å²) in [6.45, 7) is 1.86. The number of benzene rings is 1. The zero-order chi connectivity index (χ0) is 14.7. The highest BCUT2D eigenvalue weighted by atomic mass is 79.9. The summed E-state index contributed by atoms with van der Waals surface area (Å²) in [6, 6.07) is 5.81. The van der Waals surface area contributed by atoms with Crippen molar-refractivity contribution in [3.63, 3.8) is 0 Å². The highest BCUT2D eigenvalue weighted by molar-refractivity contribution is 9.10. The van der Waals surface area contributed by atoms with Crippen LogP contribution < -0.4 is 10.1 Å². The van der Waals surface area contributed by atoms with Crippen molar-refractivity contribution in [2.24, 2.45) is 0 Å². The van der Waals surface area contributed by atoms with Gasteiger partial charge in [0.05, 0.1) is 19.0 Å². The molecule has 1 aromatic heterocycles. The van der Waals surface area contributed by atoms with E-state index in [4.69, 9.17) is 4.74 Å². The van der Waals surface area contributed by atoms with Gasteiger partial charge in [0, 0.05) is 5.56 Å². The number of aryl methyl sites for hydroxylation is 1. The first kappa shape index (κ1) is 14.5. The van der Waals surface area contributed by atoms with Gasteiger partial charge in [0.15, 0.2) is 11.6 Å². The maximum absolute atomic E-state index is 13.5. The van der Waals surface area contributed by atoms with Crippen molar-refractivity contribution in [2.75, 3.05) is 12.4 Å². The predicted molar refractivity (Wildman–Crippen MR) is 77.6 cm³/mol. The monoisotopic (exact) mass is 338 g/mol. The number of halogens is 2. The normalized spacial score (nSPS) is 10.2. The molecule has 0 aliphatic carbocycles. The number of nitrogens with zero attached hydrogens (tertiary/aromatic N) is 1. The first-order valence-electron chi connectivity index (χ1n) is 5.78. The summed E-state index contributed by atoms with van der Waals surface area (Å²) in [7, 11) is 1.37. The molecule has 6 heteroatoms. The van der Waals surface area contributed by atoms with Crippen LogP contribution in [0.3, 0.4) is 0 Å². The lowest BCUT2D eigenvalue weighted by Gasteiger charge is -2.08. The van der Waals surface area contributed by atoms with Crippen molar-refractivity contribution in [3.05, 3.63) is 52.0 Å². The van der Waals surface area contributed by atoms with Crippen molar-refractivity contribution in [1.29, 1.82) is 0 Å². The van der Waals surface area contributed by atoms with E-state index in [2.05, 4.69) is 26.2 Å². The Hall–Kier alpha value is -1.95. The van der Waals surface area contributed by atoms with Gasteiger partial charge in [-0.05, 0) is 52.7 Å². The molecule has 0 spiro atoms. The molecule has 20 heavy (non-hydrogen) atoms. The quantitative estimate of drug-likeness (QED) is 0.870. The Morgan fingerprint density at radius 3 is 2.75 bits per heavy atom. The van der Waals surface area contributed by atoms with Gasteiger partial charge in [-0.15, -0.1) is 0 Å². The summed E-state index contributed by atoms with van der Waals surface area (Å²) >= 11 is 3.28. The lowest BCUT2D eigenvalue weighted by molar-refractivity contribution is 0.102. The summed E-state index contributed by atoms with van der Waals surface area (Å²) in [5.41, 5.74) is 1.65. The van der Waals surface area contributed by atoms with E-state index in [1.54, 1.807) is 6.07 Å². The smallest absolute Gasteiger partial charge is 0.255 e. The van der Waals surface area contributed by atoms with Crippen molar-refractivity contribution < 1.29 is 13.9 Å². The predicted octanol–water partition coefficient (Wildman–Crippen LogP) is 3.55. The Labute approximate surface area is 124 Å². The molecule has 104 valence electrons. The van der Waals surface area contributed by atoms with Gasteiger partial charge < -0.3 is 10.1 Å². The molecule has 2 rings (SSSR count). The van der Waals surface area contributed by atoms with Crippen molar-refractivity contribution >= 4 is 27.5 Å². The lowest BCUT2D eigenvalue weighted by atomic mass is 10.2. The van der Waals surface area contributed by atoms with Crippen LogP contribution in [-0.2, 0) is 0 Å². The molecule has 2 aromatic rings. The van der Waals surface area contributed by atoms with Crippen LogP contribution in [0.4, 0.5) is 10.1 Å². The average molecular weight is 339 g/mol. The number of carbonyl (C=O) groups excluding carboxylic acids is 1. The molecule has 1 N–H and O–H groups in total. The average Bonchev–Trinajstić information content (AvgIpc) is 2.42. The second-order valence-electron chi connectivity index (χ2n) is 4.14. The Kier molecular flexibility index (Phi) is 4.34. The molecule has 0 saturated carbocycles. The third-order valence-electron chi connectivity index (χ3n) is 2.69. The summed E-state index contributed by atoms with van der Waals surface area (Å²) in [5, 5.41) is 2.66. The van der Waals surface area contributed by atoms with Crippen LogP contribution in [0.25, 0.3) is 0 Å². The number of pyridine rings is 1. The number of amides is 1. The molecular weight excluding hydrogens is 327 g/mol. The fraction of sp³-hybridized carbons (Fsp3) is 0.143.